The Labute approximate surface area is 89.3 Å². The van der Waals surface area contributed by atoms with Gasteiger partial charge in [0.05, 0.1) is 0 Å². The van der Waals surface area contributed by atoms with Crippen LogP contribution in [-0.4, -0.2) is 0 Å². The molecule has 0 spiro atoms. The first-order valence-electron chi connectivity index (χ1n) is 5.25. The van der Waals surface area contributed by atoms with E-state index in [-0.39, 0.29) is 6.04 Å². The molecular weight excluding hydrogens is 196 g/mol. The summed E-state index contributed by atoms with van der Waals surface area (Å²) in [4.78, 5) is 0. The van der Waals surface area contributed by atoms with E-state index in [4.69, 9.17) is 5.73 Å². The molecule has 0 saturated carbocycles. The van der Waals surface area contributed by atoms with Crippen LogP contribution in [0.4, 0.5) is 8.78 Å². The summed E-state index contributed by atoms with van der Waals surface area (Å²) in [5, 5.41) is 0. The molecule has 1 nitrogen and oxygen atoms in total. The van der Waals surface area contributed by atoms with Crippen molar-refractivity contribution >= 4 is 0 Å². The number of rotatable bonds is 4. The monoisotopic (exact) mass is 213 g/mol. The van der Waals surface area contributed by atoms with Crippen LogP contribution >= 0.6 is 0 Å². The van der Waals surface area contributed by atoms with Crippen LogP contribution in [-0.2, 0) is 0 Å². The number of benzene rings is 1. The molecule has 0 aliphatic rings. The Morgan fingerprint density at radius 3 is 2.53 bits per heavy atom. The summed E-state index contributed by atoms with van der Waals surface area (Å²) in [6, 6.07) is 3.21. The fourth-order valence-corrected chi connectivity index (χ4v) is 1.53. The first kappa shape index (κ1) is 12.1. The van der Waals surface area contributed by atoms with Crippen molar-refractivity contribution < 1.29 is 8.78 Å². The maximum absolute atomic E-state index is 13.3. The first-order chi connectivity index (χ1) is 7.04. The minimum absolute atomic E-state index is 0.347. The number of nitrogens with two attached hydrogens (primary N) is 1. The smallest absolute Gasteiger partial charge is 0.130 e. The molecule has 0 bridgehead atoms. The van der Waals surface area contributed by atoms with Gasteiger partial charge in [-0.3, -0.25) is 0 Å². The van der Waals surface area contributed by atoms with E-state index >= 15 is 0 Å². The van der Waals surface area contributed by atoms with Gasteiger partial charge in [-0.1, -0.05) is 26.3 Å². The molecule has 0 aromatic heterocycles. The number of hydrogen-bond donors (Lipinski definition) is 1. The van der Waals surface area contributed by atoms with Gasteiger partial charge in [-0.05, 0) is 18.4 Å². The maximum atomic E-state index is 13.3. The van der Waals surface area contributed by atoms with Crippen LogP contribution in [0.25, 0.3) is 0 Å². The summed E-state index contributed by atoms with van der Waals surface area (Å²) in [6.45, 7) is 4.14. The van der Waals surface area contributed by atoms with Crippen molar-refractivity contribution in [3.8, 4) is 0 Å². The van der Waals surface area contributed by atoms with Crippen LogP contribution in [0.2, 0.25) is 0 Å². The van der Waals surface area contributed by atoms with Crippen molar-refractivity contribution in [1.29, 1.82) is 0 Å². The molecule has 0 aliphatic carbocycles. The van der Waals surface area contributed by atoms with Crippen LogP contribution in [0.15, 0.2) is 18.2 Å². The summed E-state index contributed by atoms with van der Waals surface area (Å²) in [5.74, 6) is -0.665. The Morgan fingerprint density at radius 1 is 1.33 bits per heavy atom. The predicted molar refractivity (Wildman–Crippen MR) is 57.4 cm³/mol. The van der Waals surface area contributed by atoms with Gasteiger partial charge in [0, 0.05) is 17.7 Å². The molecule has 1 rings (SSSR count). The first-order valence-corrected chi connectivity index (χ1v) is 5.25. The molecule has 1 aromatic carbocycles. The van der Waals surface area contributed by atoms with Crippen molar-refractivity contribution in [1.82, 2.24) is 0 Å². The lowest BCUT2D eigenvalue weighted by Gasteiger charge is -2.16. The molecule has 2 unspecified atom stereocenters. The Morgan fingerprint density at radius 2 is 2.00 bits per heavy atom. The zero-order chi connectivity index (χ0) is 11.4. The summed E-state index contributed by atoms with van der Waals surface area (Å²) in [7, 11) is 0. The fourth-order valence-electron chi connectivity index (χ4n) is 1.53. The second-order valence-corrected chi connectivity index (χ2v) is 4.02. The molecule has 0 fully saturated rings. The Kier molecular flexibility index (Phi) is 4.21. The number of halogens is 2. The summed E-state index contributed by atoms with van der Waals surface area (Å²) in [5.41, 5.74) is 6.26. The quantitative estimate of drug-likeness (QED) is 0.815. The molecule has 0 saturated heterocycles. The standard InChI is InChI=1S/C12H17F2N/c1-3-8(2)6-12(15)10-5-4-9(13)7-11(10)14/h4-5,7-8,12H,3,6,15H2,1-2H3. The van der Waals surface area contributed by atoms with Gasteiger partial charge in [0.25, 0.3) is 0 Å². The third-order valence-electron chi connectivity index (χ3n) is 2.72. The normalized spacial score (nSPS) is 15.0. The van der Waals surface area contributed by atoms with Gasteiger partial charge in [0.2, 0.25) is 0 Å². The lowest BCUT2D eigenvalue weighted by Crippen LogP contribution is -2.15. The largest absolute Gasteiger partial charge is 0.324 e. The molecule has 0 aliphatic heterocycles. The summed E-state index contributed by atoms with van der Waals surface area (Å²) >= 11 is 0. The van der Waals surface area contributed by atoms with Crippen LogP contribution in [0.3, 0.4) is 0 Å². The third kappa shape index (κ3) is 3.27. The highest BCUT2D eigenvalue weighted by atomic mass is 19.1. The van der Waals surface area contributed by atoms with Gasteiger partial charge >= 0.3 is 0 Å². The van der Waals surface area contributed by atoms with Crippen LogP contribution in [0.1, 0.15) is 38.3 Å². The molecule has 0 heterocycles. The molecular formula is C12H17F2N. The summed E-state index contributed by atoms with van der Waals surface area (Å²) < 4.78 is 26.0. The second-order valence-electron chi connectivity index (χ2n) is 4.02. The van der Waals surface area contributed by atoms with Crippen molar-refractivity contribution in [2.75, 3.05) is 0 Å². The second kappa shape index (κ2) is 5.21. The van der Waals surface area contributed by atoms with E-state index in [0.29, 0.717) is 11.5 Å². The van der Waals surface area contributed by atoms with E-state index in [1.165, 1.54) is 12.1 Å². The minimum atomic E-state index is -0.563. The van der Waals surface area contributed by atoms with Crippen molar-refractivity contribution in [3.63, 3.8) is 0 Å². The Hall–Kier alpha value is -0.960. The van der Waals surface area contributed by atoms with Crippen LogP contribution in [0, 0.1) is 17.6 Å². The van der Waals surface area contributed by atoms with Gasteiger partial charge in [-0.15, -0.1) is 0 Å². The third-order valence-corrected chi connectivity index (χ3v) is 2.72. The average Bonchev–Trinajstić information content (AvgIpc) is 2.17. The predicted octanol–water partition coefficient (Wildman–Crippen LogP) is 3.40. The van der Waals surface area contributed by atoms with Gasteiger partial charge in [-0.25, -0.2) is 8.78 Å². The van der Waals surface area contributed by atoms with E-state index in [1.807, 2.05) is 0 Å². The average molecular weight is 213 g/mol. The summed E-state index contributed by atoms with van der Waals surface area (Å²) in [6.07, 6.45) is 1.73. The van der Waals surface area contributed by atoms with Crippen LogP contribution < -0.4 is 5.73 Å². The van der Waals surface area contributed by atoms with Crippen molar-refractivity contribution in [3.05, 3.63) is 35.4 Å². The SMILES string of the molecule is CCC(C)CC(N)c1ccc(F)cc1F. The molecule has 2 N–H and O–H groups in total. The molecule has 0 amide bonds. The highest BCUT2D eigenvalue weighted by Gasteiger charge is 2.14. The van der Waals surface area contributed by atoms with Crippen LogP contribution in [0.5, 0.6) is 0 Å². The van der Waals surface area contributed by atoms with Gasteiger partial charge in [0.15, 0.2) is 0 Å². The van der Waals surface area contributed by atoms with Crippen molar-refractivity contribution in [2.45, 2.75) is 32.7 Å². The highest BCUT2D eigenvalue weighted by Crippen LogP contribution is 2.23. The molecule has 15 heavy (non-hydrogen) atoms. The Balaban J connectivity index is 2.77. The molecule has 1 aromatic rings. The zero-order valence-electron chi connectivity index (χ0n) is 9.13. The van der Waals surface area contributed by atoms with E-state index < -0.39 is 11.6 Å². The van der Waals surface area contributed by atoms with E-state index in [2.05, 4.69) is 13.8 Å². The lowest BCUT2D eigenvalue weighted by atomic mass is 9.95. The molecule has 0 radical (unpaired) electrons. The van der Waals surface area contributed by atoms with E-state index in [0.717, 1.165) is 18.9 Å². The van der Waals surface area contributed by atoms with Crippen molar-refractivity contribution in [2.24, 2.45) is 11.7 Å². The molecule has 3 heteroatoms. The van der Waals surface area contributed by atoms with Gasteiger partial charge < -0.3 is 5.73 Å². The van der Waals surface area contributed by atoms with Gasteiger partial charge in [-0.2, -0.15) is 0 Å². The minimum Gasteiger partial charge on any atom is -0.324 e. The maximum Gasteiger partial charge on any atom is 0.130 e. The van der Waals surface area contributed by atoms with E-state index in [1.54, 1.807) is 0 Å². The molecule has 2 atom stereocenters. The fraction of sp³-hybridized carbons (Fsp3) is 0.500. The number of hydrogen-bond acceptors (Lipinski definition) is 1. The van der Waals surface area contributed by atoms with E-state index in [9.17, 15) is 8.78 Å². The highest BCUT2D eigenvalue weighted by molar-refractivity contribution is 5.21. The topological polar surface area (TPSA) is 26.0 Å². The zero-order valence-corrected chi connectivity index (χ0v) is 9.13. The lowest BCUT2D eigenvalue weighted by molar-refractivity contribution is 0.447. The molecule has 84 valence electrons. The van der Waals surface area contributed by atoms with Gasteiger partial charge in [0.1, 0.15) is 11.6 Å². The Bertz CT molecular complexity index is 325.